The maximum absolute atomic E-state index is 13.2. The normalized spacial score (nSPS) is 11.0. The van der Waals surface area contributed by atoms with Gasteiger partial charge in [-0.3, -0.25) is 9.36 Å². The van der Waals surface area contributed by atoms with E-state index in [1.165, 1.54) is 12.1 Å². The summed E-state index contributed by atoms with van der Waals surface area (Å²) < 4.78 is 15.1. The summed E-state index contributed by atoms with van der Waals surface area (Å²) in [6.45, 7) is 0.154. The first-order chi connectivity index (χ1) is 10.0. The summed E-state index contributed by atoms with van der Waals surface area (Å²) in [5.74, 6) is -0.498. The Morgan fingerprint density at radius 2 is 1.95 bits per heavy atom. The van der Waals surface area contributed by atoms with E-state index in [2.05, 4.69) is 20.9 Å². The van der Waals surface area contributed by atoms with E-state index in [1.807, 2.05) is 24.3 Å². The monoisotopic (exact) mass is 348 g/mol. The minimum Gasteiger partial charge on any atom is -0.307 e. The van der Waals surface area contributed by atoms with E-state index >= 15 is 0 Å². The fourth-order valence-corrected chi connectivity index (χ4v) is 2.63. The second-order valence-electron chi connectivity index (χ2n) is 4.64. The van der Waals surface area contributed by atoms with Crippen LogP contribution in [0, 0.1) is 5.82 Å². The second-order valence-corrected chi connectivity index (χ2v) is 5.56. The van der Waals surface area contributed by atoms with Crippen LogP contribution in [0.4, 0.5) is 4.39 Å². The highest BCUT2D eigenvalue weighted by atomic mass is 79.9. The lowest BCUT2D eigenvalue weighted by Crippen LogP contribution is -2.35. The lowest BCUT2D eigenvalue weighted by molar-refractivity contribution is 0.628. The summed E-state index contributed by atoms with van der Waals surface area (Å²) in [6.07, 6.45) is 0. The van der Waals surface area contributed by atoms with Gasteiger partial charge in [-0.05, 0) is 35.9 Å². The van der Waals surface area contributed by atoms with Gasteiger partial charge in [-0.2, -0.15) is 0 Å². The Labute approximate surface area is 127 Å². The topological polar surface area (TPSA) is 54.9 Å². The van der Waals surface area contributed by atoms with Crippen molar-refractivity contribution in [2.75, 3.05) is 0 Å². The molecular formula is C15H10BrFN2O2. The number of rotatable bonds is 2. The highest BCUT2D eigenvalue weighted by Crippen LogP contribution is 2.12. The number of hydrogen-bond donors (Lipinski definition) is 1. The number of hydrogen-bond acceptors (Lipinski definition) is 2. The lowest BCUT2D eigenvalue weighted by atomic mass is 10.2. The molecule has 1 heterocycles. The van der Waals surface area contributed by atoms with Gasteiger partial charge < -0.3 is 4.98 Å². The molecule has 0 fully saturated rings. The van der Waals surface area contributed by atoms with Crippen molar-refractivity contribution in [3.05, 3.63) is 79.2 Å². The first-order valence-electron chi connectivity index (χ1n) is 6.21. The zero-order valence-corrected chi connectivity index (χ0v) is 12.4. The molecule has 0 saturated heterocycles. The summed E-state index contributed by atoms with van der Waals surface area (Å²) in [7, 11) is 0. The molecule has 21 heavy (non-hydrogen) atoms. The number of H-pyrrole nitrogens is 1. The molecule has 2 aromatic carbocycles. The SMILES string of the molecule is O=c1[nH]c2cc(F)ccc2c(=O)n1Cc1cccc(Br)c1. The second kappa shape index (κ2) is 5.29. The molecule has 0 amide bonds. The first kappa shape index (κ1) is 13.8. The number of benzene rings is 2. The van der Waals surface area contributed by atoms with E-state index in [9.17, 15) is 14.0 Å². The predicted molar refractivity (Wildman–Crippen MR) is 82.0 cm³/mol. The largest absolute Gasteiger partial charge is 0.329 e. The molecule has 3 aromatic rings. The molecule has 0 spiro atoms. The van der Waals surface area contributed by atoms with Crippen LogP contribution in [0.5, 0.6) is 0 Å². The van der Waals surface area contributed by atoms with Crippen LogP contribution in [0.2, 0.25) is 0 Å². The van der Waals surface area contributed by atoms with E-state index < -0.39 is 17.1 Å². The van der Waals surface area contributed by atoms with Gasteiger partial charge >= 0.3 is 5.69 Å². The molecule has 0 bridgehead atoms. The van der Waals surface area contributed by atoms with Gasteiger partial charge in [0, 0.05) is 4.47 Å². The Morgan fingerprint density at radius 3 is 2.71 bits per heavy atom. The van der Waals surface area contributed by atoms with Crippen LogP contribution in [0.3, 0.4) is 0 Å². The molecule has 0 aliphatic carbocycles. The average molecular weight is 349 g/mol. The number of nitrogens with one attached hydrogen (secondary N) is 1. The van der Waals surface area contributed by atoms with E-state index in [4.69, 9.17) is 0 Å². The van der Waals surface area contributed by atoms with Crippen molar-refractivity contribution in [1.29, 1.82) is 0 Å². The van der Waals surface area contributed by atoms with Gasteiger partial charge in [0.1, 0.15) is 5.82 Å². The van der Waals surface area contributed by atoms with Crippen molar-refractivity contribution in [2.45, 2.75) is 6.54 Å². The van der Waals surface area contributed by atoms with Crippen LogP contribution >= 0.6 is 15.9 Å². The Kier molecular flexibility index (Phi) is 3.47. The van der Waals surface area contributed by atoms with Crippen molar-refractivity contribution in [2.24, 2.45) is 0 Å². The smallest absolute Gasteiger partial charge is 0.307 e. The Morgan fingerprint density at radius 1 is 1.14 bits per heavy atom. The van der Waals surface area contributed by atoms with Gasteiger partial charge in [0.2, 0.25) is 0 Å². The van der Waals surface area contributed by atoms with Crippen LogP contribution in [0.25, 0.3) is 10.9 Å². The van der Waals surface area contributed by atoms with E-state index in [-0.39, 0.29) is 17.4 Å². The number of halogens is 2. The van der Waals surface area contributed by atoms with Gasteiger partial charge in [0.05, 0.1) is 17.4 Å². The predicted octanol–water partition coefficient (Wildman–Crippen LogP) is 2.64. The highest BCUT2D eigenvalue weighted by molar-refractivity contribution is 9.10. The minimum atomic E-state index is -0.557. The molecule has 1 aromatic heterocycles. The summed E-state index contributed by atoms with van der Waals surface area (Å²) >= 11 is 3.35. The highest BCUT2D eigenvalue weighted by Gasteiger charge is 2.09. The molecule has 1 N–H and O–H groups in total. The molecule has 4 nitrogen and oxygen atoms in total. The van der Waals surface area contributed by atoms with Crippen LogP contribution in [0.1, 0.15) is 5.56 Å². The third-order valence-electron chi connectivity index (χ3n) is 3.17. The minimum absolute atomic E-state index is 0.154. The van der Waals surface area contributed by atoms with Crippen molar-refractivity contribution >= 4 is 26.8 Å². The molecular weight excluding hydrogens is 339 g/mol. The fourth-order valence-electron chi connectivity index (χ4n) is 2.19. The van der Waals surface area contributed by atoms with Gasteiger partial charge in [0.15, 0.2) is 0 Å². The average Bonchev–Trinajstić information content (AvgIpc) is 2.43. The van der Waals surface area contributed by atoms with Crippen molar-refractivity contribution in [3.63, 3.8) is 0 Å². The molecule has 0 unspecified atom stereocenters. The van der Waals surface area contributed by atoms with Gasteiger partial charge in [-0.1, -0.05) is 28.1 Å². The van der Waals surface area contributed by atoms with Gasteiger partial charge in [0.25, 0.3) is 5.56 Å². The first-order valence-corrected chi connectivity index (χ1v) is 7.01. The van der Waals surface area contributed by atoms with Crippen LogP contribution < -0.4 is 11.2 Å². The number of nitrogens with zero attached hydrogens (tertiary/aromatic N) is 1. The summed E-state index contributed by atoms with van der Waals surface area (Å²) in [5, 5.41) is 0.283. The molecule has 0 aliphatic rings. The maximum atomic E-state index is 13.2. The fraction of sp³-hybridized carbons (Fsp3) is 0.0667. The third-order valence-corrected chi connectivity index (χ3v) is 3.67. The molecule has 0 aliphatic heterocycles. The maximum Gasteiger partial charge on any atom is 0.329 e. The Hall–Kier alpha value is -2.21. The van der Waals surface area contributed by atoms with Crippen LogP contribution in [-0.2, 0) is 6.54 Å². The standard InChI is InChI=1S/C15H10BrFN2O2/c16-10-3-1-2-9(6-10)8-19-14(20)12-5-4-11(17)7-13(12)18-15(19)21/h1-7H,8H2,(H,18,21). The molecule has 0 saturated carbocycles. The van der Waals surface area contributed by atoms with E-state index in [0.717, 1.165) is 20.7 Å². The Balaban J connectivity index is 2.17. The molecule has 0 atom stereocenters. The summed E-state index contributed by atoms with van der Waals surface area (Å²) in [4.78, 5) is 26.9. The number of aromatic amines is 1. The van der Waals surface area contributed by atoms with Gasteiger partial charge in [-0.25, -0.2) is 9.18 Å². The van der Waals surface area contributed by atoms with Crippen LogP contribution in [-0.4, -0.2) is 9.55 Å². The summed E-state index contributed by atoms with van der Waals surface area (Å²) in [6, 6.07) is 11.1. The zero-order valence-electron chi connectivity index (χ0n) is 10.8. The number of aromatic nitrogens is 2. The quantitative estimate of drug-likeness (QED) is 0.773. The van der Waals surface area contributed by atoms with Crippen LogP contribution in [0.15, 0.2) is 56.5 Å². The molecule has 106 valence electrons. The lowest BCUT2D eigenvalue weighted by Gasteiger charge is -2.07. The molecule has 0 radical (unpaired) electrons. The van der Waals surface area contributed by atoms with Crippen molar-refractivity contribution in [1.82, 2.24) is 9.55 Å². The van der Waals surface area contributed by atoms with E-state index in [1.54, 1.807) is 0 Å². The molecule has 3 rings (SSSR count). The van der Waals surface area contributed by atoms with Gasteiger partial charge in [-0.15, -0.1) is 0 Å². The summed E-state index contributed by atoms with van der Waals surface area (Å²) in [5.41, 5.74) is 0.0285. The van der Waals surface area contributed by atoms with Crippen molar-refractivity contribution < 1.29 is 4.39 Å². The Bertz CT molecular complexity index is 946. The van der Waals surface area contributed by atoms with Crippen molar-refractivity contribution in [3.8, 4) is 0 Å². The zero-order chi connectivity index (χ0) is 15.0. The third kappa shape index (κ3) is 2.67. The van der Waals surface area contributed by atoms with E-state index in [0.29, 0.717) is 0 Å². The number of fused-ring (bicyclic) bond motifs is 1. The molecule has 6 heteroatoms.